The Kier molecular flexibility index (Phi) is 4.59. The lowest BCUT2D eigenvalue weighted by atomic mass is 9.94. The topological polar surface area (TPSA) is 28.2 Å². The van der Waals surface area contributed by atoms with Crippen molar-refractivity contribution in [3.8, 4) is 0 Å². The minimum Gasteiger partial charge on any atom is -0.368 e. The Morgan fingerprint density at radius 2 is 2.22 bits per heavy atom. The van der Waals surface area contributed by atoms with Crippen LogP contribution in [0.1, 0.15) is 39.3 Å². The molecular weight excluding hydrogens is 222 g/mol. The molecule has 0 spiro atoms. The molecule has 18 heavy (non-hydrogen) atoms. The number of anilines is 1. The van der Waals surface area contributed by atoms with Gasteiger partial charge in [-0.25, -0.2) is 0 Å². The molecule has 1 aliphatic rings. The molecule has 1 saturated heterocycles. The van der Waals surface area contributed by atoms with Gasteiger partial charge in [0.05, 0.1) is 5.69 Å². The van der Waals surface area contributed by atoms with Crippen LogP contribution in [-0.2, 0) is 6.54 Å². The second kappa shape index (κ2) is 6.19. The Morgan fingerprint density at radius 3 is 3.00 bits per heavy atom. The first kappa shape index (κ1) is 13.3. The van der Waals surface area contributed by atoms with Gasteiger partial charge in [0.2, 0.25) is 0 Å². The van der Waals surface area contributed by atoms with Crippen LogP contribution in [0.4, 0.5) is 5.69 Å². The number of nitrogens with zero attached hydrogens (tertiary/aromatic N) is 2. The zero-order valence-corrected chi connectivity index (χ0v) is 11.8. The minimum atomic E-state index is 0.649. The van der Waals surface area contributed by atoms with E-state index in [9.17, 15) is 0 Å². The van der Waals surface area contributed by atoms with Gasteiger partial charge >= 0.3 is 0 Å². The lowest BCUT2D eigenvalue weighted by molar-refractivity contribution is 0.390. The first-order valence-corrected chi connectivity index (χ1v) is 7.13. The molecule has 1 aromatic rings. The summed E-state index contributed by atoms with van der Waals surface area (Å²) in [4.78, 5) is 6.96. The van der Waals surface area contributed by atoms with Crippen molar-refractivity contribution in [3.05, 3.63) is 24.0 Å². The molecule has 0 aromatic carbocycles. The highest BCUT2D eigenvalue weighted by Gasteiger charge is 2.23. The molecule has 0 bridgehead atoms. The van der Waals surface area contributed by atoms with Gasteiger partial charge in [-0.15, -0.1) is 0 Å². The average Bonchev–Trinajstić information content (AvgIpc) is 2.39. The van der Waals surface area contributed by atoms with E-state index in [0.29, 0.717) is 6.04 Å². The summed E-state index contributed by atoms with van der Waals surface area (Å²) in [6.45, 7) is 9.82. The fourth-order valence-electron chi connectivity index (χ4n) is 2.64. The highest BCUT2D eigenvalue weighted by molar-refractivity contribution is 5.48. The Labute approximate surface area is 111 Å². The van der Waals surface area contributed by atoms with Crippen LogP contribution in [0.3, 0.4) is 0 Å². The lowest BCUT2D eigenvalue weighted by Crippen LogP contribution is -2.41. The predicted octanol–water partition coefficient (Wildman–Crippen LogP) is 2.82. The van der Waals surface area contributed by atoms with Crippen molar-refractivity contribution >= 4 is 5.69 Å². The first-order valence-electron chi connectivity index (χ1n) is 7.13. The van der Waals surface area contributed by atoms with Gasteiger partial charge in [0.1, 0.15) is 0 Å². The molecule has 2 unspecified atom stereocenters. The van der Waals surface area contributed by atoms with Gasteiger partial charge in [-0.05, 0) is 44.4 Å². The van der Waals surface area contributed by atoms with Gasteiger partial charge < -0.3 is 10.2 Å². The number of nitrogens with one attached hydrogen (secondary N) is 1. The maximum atomic E-state index is 4.43. The monoisotopic (exact) mass is 247 g/mol. The van der Waals surface area contributed by atoms with E-state index in [0.717, 1.165) is 24.7 Å². The molecule has 2 rings (SSSR count). The predicted molar refractivity (Wildman–Crippen MR) is 76.8 cm³/mol. The molecule has 0 amide bonds. The van der Waals surface area contributed by atoms with Crippen molar-refractivity contribution < 1.29 is 0 Å². The smallest absolute Gasteiger partial charge is 0.0562 e. The van der Waals surface area contributed by atoms with Crippen molar-refractivity contribution in [2.24, 2.45) is 5.92 Å². The Balaban J connectivity index is 2.11. The Morgan fingerprint density at radius 1 is 1.39 bits per heavy atom. The molecule has 1 aromatic heterocycles. The largest absolute Gasteiger partial charge is 0.368 e. The quantitative estimate of drug-likeness (QED) is 0.887. The van der Waals surface area contributed by atoms with Gasteiger partial charge in [0, 0.05) is 31.0 Å². The average molecular weight is 247 g/mol. The summed E-state index contributed by atoms with van der Waals surface area (Å²) in [5, 5.41) is 3.33. The fraction of sp³-hybridized carbons (Fsp3) is 0.667. The summed E-state index contributed by atoms with van der Waals surface area (Å²) in [5.41, 5.74) is 2.47. The van der Waals surface area contributed by atoms with Crippen LogP contribution < -0.4 is 10.2 Å². The summed E-state index contributed by atoms with van der Waals surface area (Å²) >= 11 is 0. The van der Waals surface area contributed by atoms with Crippen molar-refractivity contribution in [2.45, 2.75) is 46.2 Å². The van der Waals surface area contributed by atoms with Gasteiger partial charge in [0.25, 0.3) is 0 Å². The maximum Gasteiger partial charge on any atom is 0.0562 e. The highest BCUT2D eigenvalue weighted by Crippen LogP contribution is 2.27. The van der Waals surface area contributed by atoms with Gasteiger partial charge in [-0.1, -0.05) is 13.8 Å². The van der Waals surface area contributed by atoms with E-state index < -0.39 is 0 Å². The fourth-order valence-corrected chi connectivity index (χ4v) is 2.64. The molecule has 1 fully saturated rings. The van der Waals surface area contributed by atoms with Crippen molar-refractivity contribution in [1.29, 1.82) is 0 Å². The molecule has 0 saturated carbocycles. The summed E-state index contributed by atoms with van der Waals surface area (Å²) in [7, 11) is 0. The van der Waals surface area contributed by atoms with Crippen LogP contribution in [0.2, 0.25) is 0 Å². The van der Waals surface area contributed by atoms with Crippen LogP contribution in [0.25, 0.3) is 0 Å². The Hall–Kier alpha value is -1.09. The SMILES string of the molecule is CCNCc1cc(N2CC(C)CCC2C)ccn1. The second-order valence-corrected chi connectivity index (χ2v) is 5.47. The molecule has 0 aliphatic carbocycles. The number of piperidine rings is 1. The molecule has 2 atom stereocenters. The summed E-state index contributed by atoms with van der Waals surface area (Å²) in [6, 6.07) is 5.02. The number of rotatable bonds is 4. The van der Waals surface area contributed by atoms with Crippen molar-refractivity contribution in [3.63, 3.8) is 0 Å². The molecule has 1 N–H and O–H groups in total. The third-order valence-corrected chi connectivity index (χ3v) is 3.81. The van der Waals surface area contributed by atoms with Crippen LogP contribution in [0.5, 0.6) is 0 Å². The van der Waals surface area contributed by atoms with E-state index in [-0.39, 0.29) is 0 Å². The van der Waals surface area contributed by atoms with E-state index in [1.807, 2.05) is 6.20 Å². The van der Waals surface area contributed by atoms with Crippen LogP contribution in [0.15, 0.2) is 18.3 Å². The molecule has 3 nitrogen and oxygen atoms in total. The lowest BCUT2D eigenvalue weighted by Gasteiger charge is -2.38. The maximum absolute atomic E-state index is 4.43. The highest BCUT2D eigenvalue weighted by atomic mass is 15.2. The summed E-state index contributed by atoms with van der Waals surface area (Å²) in [6.07, 6.45) is 4.59. The third-order valence-electron chi connectivity index (χ3n) is 3.81. The zero-order valence-electron chi connectivity index (χ0n) is 11.8. The van der Waals surface area contributed by atoms with Gasteiger partial charge in [-0.2, -0.15) is 0 Å². The van der Waals surface area contributed by atoms with E-state index in [4.69, 9.17) is 0 Å². The molecule has 0 radical (unpaired) electrons. The van der Waals surface area contributed by atoms with E-state index in [1.165, 1.54) is 25.1 Å². The van der Waals surface area contributed by atoms with Crippen molar-refractivity contribution in [1.82, 2.24) is 10.3 Å². The Bertz CT molecular complexity index is 378. The second-order valence-electron chi connectivity index (χ2n) is 5.47. The van der Waals surface area contributed by atoms with Crippen LogP contribution in [0, 0.1) is 5.92 Å². The number of hydrogen-bond acceptors (Lipinski definition) is 3. The van der Waals surface area contributed by atoms with E-state index >= 15 is 0 Å². The number of aromatic nitrogens is 1. The van der Waals surface area contributed by atoms with Gasteiger partial charge in [0.15, 0.2) is 0 Å². The molecule has 100 valence electrons. The van der Waals surface area contributed by atoms with E-state index in [1.54, 1.807) is 0 Å². The first-order chi connectivity index (χ1) is 8.70. The molecular formula is C15H25N3. The number of hydrogen-bond donors (Lipinski definition) is 1. The van der Waals surface area contributed by atoms with Crippen LogP contribution in [-0.4, -0.2) is 24.1 Å². The van der Waals surface area contributed by atoms with E-state index in [2.05, 4.69) is 48.1 Å². The third kappa shape index (κ3) is 3.22. The summed E-state index contributed by atoms with van der Waals surface area (Å²) in [5.74, 6) is 0.798. The zero-order chi connectivity index (χ0) is 13.0. The number of pyridine rings is 1. The van der Waals surface area contributed by atoms with Gasteiger partial charge in [-0.3, -0.25) is 4.98 Å². The molecule has 1 aliphatic heterocycles. The summed E-state index contributed by atoms with van der Waals surface area (Å²) < 4.78 is 0. The van der Waals surface area contributed by atoms with Crippen molar-refractivity contribution in [2.75, 3.05) is 18.0 Å². The molecule has 2 heterocycles. The molecule has 3 heteroatoms. The minimum absolute atomic E-state index is 0.649. The van der Waals surface area contributed by atoms with Crippen LogP contribution >= 0.6 is 0 Å². The normalized spacial score (nSPS) is 24.3. The standard InChI is InChI=1S/C15H25N3/c1-4-16-10-14-9-15(7-8-17-14)18-11-12(2)5-6-13(18)3/h7-9,12-13,16H,4-6,10-11H2,1-3H3.